The number of rotatable bonds is 8. The van der Waals surface area contributed by atoms with Crippen LogP contribution in [-0.4, -0.2) is 12.7 Å². The minimum absolute atomic E-state index is 0.577. The molecule has 2 atom stereocenters. The van der Waals surface area contributed by atoms with Gasteiger partial charge in [-0.25, -0.2) is 0 Å². The smallest absolute Gasteiger partial charge is 0.0575 e. The fraction of sp³-hybridized carbons (Fsp3) is 0.931. The highest BCUT2D eigenvalue weighted by atomic mass is 16.5. The molecule has 0 spiro atoms. The van der Waals surface area contributed by atoms with Crippen LogP contribution in [0.5, 0.6) is 0 Å². The minimum Gasteiger partial charge on any atom is -0.378 e. The van der Waals surface area contributed by atoms with Crippen molar-refractivity contribution >= 4 is 0 Å². The van der Waals surface area contributed by atoms with Crippen molar-refractivity contribution in [2.45, 2.75) is 122 Å². The average Bonchev–Trinajstić information content (AvgIpc) is 3.27. The standard InChI is InChI=1S/C29H50O/c1-3-5-23-8-15-28(20-23)27-13-9-24(10-14-27)21-30-29-18-16-26(17-19-29)25-11-6-22(4-2)7-12-25/h4,22-29H,2-3,5-21H2,1H3. The van der Waals surface area contributed by atoms with E-state index in [2.05, 4.69) is 19.6 Å². The van der Waals surface area contributed by atoms with Crippen LogP contribution in [0.3, 0.4) is 0 Å². The van der Waals surface area contributed by atoms with Crippen molar-refractivity contribution in [2.75, 3.05) is 6.61 Å². The molecule has 0 aromatic heterocycles. The van der Waals surface area contributed by atoms with Gasteiger partial charge in [0.15, 0.2) is 0 Å². The zero-order valence-corrected chi connectivity index (χ0v) is 20.0. The first-order valence-electron chi connectivity index (χ1n) is 14.0. The molecule has 0 bridgehead atoms. The molecule has 4 aliphatic rings. The van der Waals surface area contributed by atoms with Gasteiger partial charge in [0.25, 0.3) is 0 Å². The van der Waals surface area contributed by atoms with Crippen LogP contribution in [-0.2, 0) is 4.74 Å². The van der Waals surface area contributed by atoms with Crippen LogP contribution in [0, 0.1) is 41.4 Å². The lowest BCUT2D eigenvalue weighted by Crippen LogP contribution is -2.30. The van der Waals surface area contributed by atoms with E-state index in [1.54, 1.807) is 6.42 Å². The molecule has 0 heterocycles. The molecule has 2 unspecified atom stereocenters. The molecule has 1 nitrogen and oxygen atoms in total. The maximum Gasteiger partial charge on any atom is 0.0575 e. The predicted octanol–water partition coefficient (Wildman–Crippen LogP) is 8.58. The van der Waals surface area contributed by atoms with Gasteiger partial charge in [-0.1, -0.05) is 32.3 Å². The van der Waals surface area contributed by atoms with E-state index in [-0.39, 0.29) is 0 Å². The summed E-state index contributed by atoms with van der Waals surface area (Å²) in [6.07, 6.45) is 27.4. The van der Waals surface area contributed by atoms with E-state index < -0.39 is 0 Å². The highest BCUT2D eigenvalue weighted by Gasteiger charge is 2.34. The second kappa shape index (κ2) is 11.5. The van der Waals surface area contributed by atoms with Crippen molar-refractivity contribution in [3.63, 3.8) is 0 Å². The molecule has 0 aliphatic heterocycles. The van der Waals surface area contributed by atoms with E-state index in [1.807, 2.05) is 0 Å². The van der Waals surface area contributed by atoms with Crippen LogP contribution in [0.2, 0.25) is 0 Å². The van der Waals surface area contributed by atoms with Gasteiger partial charge in [-0.2, -0.15) is 0 Å². The van der Waals surface area contributed by atoms with Gasteiger partial charge in [0, 0.05) is 6.61 Å². The summed E-state index contributed by atoms with van der Waals surface area (Å²) in [5.41, 5.74) is 0. The Labute approximate surface area is 187 Å². The molecule has 4 rings (SSSR count). The highest BCUT2D eigenvalue weighted by molar-refractivity contribution is 4.88. The third kappa shape index (κ3) is 6.14. The van der Waals surface area contributed by atoms with Crippen LogP contribution < -0.4 is 0 Å². The van der Waals surface area contributed by atoms with E-state index in [4.69, 9.17) is 4.74 Å². The van der Waals surface area contributed by atoms with Gasteiger partial charge < -0.3 is 4.74 Å². The monoisotopic (exact) mass is 414 g/mol. The van der Waals surface area contributed by atoms with Crippen molar-refractivity contribution < 1.29 is 4.74 Å². The van der Waals surface area contributed by atoms with E-state index in [9.17, 15) is 0 Å². The second-order valence-electron chi connectivity index (χ2n) is 11.8. The zero-order valence-electron chi connectivity index (χ0n) is 20.0. The Balaban J connectivity index is 1.08. The minimum atomic E-state index is 0.577. The van der Waals surface area contributed by atoms with Crippen LogP contribution in [0.25, 0.3) is 0 Å². The Morgan fingerprint density at radius 1 is 0.667 bits per heavy atom. The zero-order chi connectivity index (χ0) is 20.8. The largest absolute Gasteiger partial charge is 0.378 e. The fourth-order valence-electron chi connectivity index (χ4n) is 7.89. The number of hydrogen-bond donors (Lipinski definition) is 0. The van der Waals surface area contributed by atoms with E-state index in [0.717, 1.165) is 48.0 Å². The Bertz CT molecular complexity index is 488. The SMILES string of the molecule is C=CC1CCC(C2CCC(OCC3CCC(C4CCC(CCC)C4)CC3)CC2)CC1. The van der Waals surface area contributed by atoms with Crippen molar-refractivity contribution in [2.24, 2.45) is 41.4 Å². The molecule has 1 heteroatoms. The summed E-state index contributed by atoms with van der Waals surface area (Å²) in [7, 11) is 0. The first kappa shape index (κ1) is 22.9. The molecule has 0 aromatic rings. The molecule has 172 valence electrons. The molecule has 0 N–H and O–H groups in total. The molecule has 4 aliphatic carbocycles. The van der Waals surface area contributed by atoms with Crippen molar-refractivity contribution in [1.29, 1.82) is 0 Å². The second-order valence-corrected chi connectivity index (χ2v) is 11.8. The average molecular weight is 415 g/mol. The van der Waals surface area contributed by atoms with Gasteiger partial charge in [0.1, 0.15) is 0 Å². The Hall–Kier alpha value is -0.300. The van der Waals surface area contributed by atoms with Gasteiger partial charge in [-0.15, -0.1) is 6.58 Å². The highest BCUT2D eigenvalue weighted by Crippen LogP contribution is 2.45. The van der Waals surface area contributed by atoms with Gasteiger partial charge >= 0.3 is 0 Å². The van der Waals surface area contributed by atoms with Crippen LogP contribution >= 0.6 is 0 Å². The maximum absolute atomic E-state index is 6.49. The van der Waals surface area contributed by atoms with E-state index >= 15 is 0 Å². The lowest BCUT2D eigenvalue weighted by Gasteiger charge is -2.38. The molecule has 4 fully saturated rings. The summed E-state index contributed by atoms with van der Waals surface area (Å²) in [6, 6.07) is 0. The third-order valence-corrected chi connectivity index (χ3v) is 9.94. The third-order valence-electron chi connectivity index (χ3n) is 9.94. The molecule has 4 saturated carbocycles. The Morgan fingerprint density at radius 3 is 1.83 bits per heavy atom. The molecule has 0 radical (unpaired) electrons. The molecule has 0 amide bonds. The maximum atomic E-state index is 6.49. The molecule has 0 saturated heterocycles. The predicted molar refractivity (Wildman–Crippen MR) is 129 cm³/mol. The summed E-state index contributed by atoms with van der Waals surface area (Å²) in [5.74, 6) is 6.85. The lowest BCUT2D eigenvalue weighted by atomic mass is 9.70. The summed E-state index contributed by atoms with van der Waals surface area (Å²) in [6.45, 7) is 7.43. The summed E-state index contributed by atoms with van der Waals surface area (Å²) in [5, 5.41) is 0. The normalized spacial score (nSPS) is 42.8. The molecule has 30 heavy (non-hydrogen) atoms. The summed E-state index contributed by atoms with van der Waals surface area (Å²) in [4.78, 5) is 0. The van der Waals surface area contributed by atoms with Crippen LogP contribution in [0.1, 0.15) is 116 Å². The topological polar surface area (TPSA) is 9.23 Å². The molecular formula is C29H50O. The van der Waals surface area contributed by atoms with Gasteiger partial charge in [-0.05, 0) is 131 Å². The van der Waals surface area contributed by atoms with Crippen LogP contribution in [0.15, 0.2) is 12.7 Å². The molecular weight excluding hydrogens is 364 g/mol. The number of hydrogen-bond acceptors (Lipinski definition) is 1. The van der Waals surface area contributed by atoms with Crippen molar-refractivity contribution in [3.05, 3.63) is 12.7 Å². The van der Waals surface area contributed by atoms with Gasteiger partial charge in [0.2, 0.25) is 0 Å². The number of allylic oxidation sites excluding steroid dienone is 1. The van der Waals surface area contributed by atoms with Crippen molar-refractivity contribution in [1.82, 2.24) is 0 Å². The quantitative estimate of drug-likeness (QED) is 0.361. The van der Waals surface area contributed by atoms with E-state index in [1.165, 1.54) is 103 Å². The van der Waals surface area contributed by atoms with Gasteiger partial charge in [-0.3, -0.25) is 0 Å². The van der Waals surface area contributed by atoms with Gasteiger partial charge in [0.05, 0.1) is 6.10 Å². The Kier molecular flexibility index (Phi) is 8.79. The molecule has 0 aromatic carbocycles. The number of ether oxygens (including phenoxy) is 1. The first-order valence-corrected chi connectivity index (χ1v) is 14.0. The summed E-state index contributed by atoms with van der Waals surface area (Å²) >= 11 is 0. The van der Waals surface area contributed by atoms with Crippen LogP contribution in [0.4, 0.5) is 0 Å². The lowest BCUT2D eigenvalue weighted by molar-refractivity contribution is -0.0181. The first-order chi connectivity index (χ1) is 14.7. The van der Waals surface area contributed by atoms with Crippen molar-refractivity contribution in [3.8, 4) is 0 Å². The fourth-order valence-corrected chi connectivity index (χ4v) is 7.89. The summed E-state index contributed by atoms with van der Waals surface area (Å²) < 4.78 is 6.49. The Morgan fingerprint density at radius 2 is 1.20 bits per heavy atom. The van der Waals surface area contributed by atoms with E-state index in [0.29, 0.717) is 6.10 Å².